The van der Waals surface area contributed by atoms with E-state index in [1.807, 2.05) is 6.20 Å². The number of aromatic nitrogens is 1. The molecular weight excluding hydrogens is 324 g/mol. The summed E-state index contributed by atoms with van der Waals surface area (Å²) in [4.78, 5) is 31.6. The van der Waals surface area contributed by atoms with E-state index >= 15 is 0 Å². The third-order valence-corrected chi connectivity index (χ3v) is 5.84. The van der Waals surface area contributed by atoms with E-state index in [9.17, 15) is 9.59 Å². The van der Waals surface area contributed by atoms with Crippen molar-refractivity contribution in [3.05, 3.63) is 11.1 Å². The summed E-state index contributed by atoms with van der Waals surface area (Å²) in [7, 11) is 0. The van der Waals surface area contributed by atoms with Crippen LogP contribution in [0.25, 0.3) is 0 Å². The molecule has 2 amide bonds. The lowest BCUT2D eigenvalue weighted by Gasteiger charge is -2.24. The van der Waals surface area contributed by atoms with Crippen LogP contribution >= 0.6 is 11.3 Å². The summed E-state index contributed by atoms with van der Waals surface area (Å²) in [6.07, 6.45) is 8.86. The minimum absolute atomic E-state index is 0.0967. The molecule has 1 aromatic heterocycles. The van der Waals surface area contributed by atoms with Crippen LogP contribution in [-0.4, -0.2) is 47.9 Å². The van der Waals surface area contributed by atoms with Crippen LogP contribution in [0.3, 0.4) is 0 Å². The number of hydrogen-bond acceptors (Lipinski definition) is 5. The fourth-order valence-corrected chi connectivity index (χ4v) is 4.36. The molecule has 0 aromatic carbocycles. The van der Waals surface area contributed by atoms with Gasteiger partial charge in [-0.05, 0) is 44.7 Å². The van der Waals surface area contributed by atoms with Gasteiger partial charge < -0.3 is 15.5 Å². The van der Waals surface area contributed by atoms with Crippen molar-refractivity contribution in [1.82, 2.24) is 15.2 Å². The van der Waals surface area contributed by atoms with E-state index in [2.05, 4.69) is 15.6 Å². The first-order valence-electron chi connectivity index (χ1n) is 8.96. The van der Waals surface area contributed by atoms with Crippen LogP contribution in [0.15, 0.2) is 6.20 Å². The zero-order valence-corrected chi connectivity index (χ0v) is 14.9. The third kappa shape index (κ3) is 4.77. The van der Waals surface area contributed by atoms with Crippen molar-refractivity contribution in [2.24, 2.45) is 0 Å². The van der Waals surface area contributed by atoms with Crippen LogP contribution in [0, 0.1) is 0 Å². The average Bonchev–Trinajstić information content (AvgIpc) is 3.04. The summed E-state index contributed by atoms with van der Waals surface area (Å²) in [6.45, 7) is 2.91. The molecule has 1 aromatic rings. The predicted molar refractivity (Wildman–Crippen MR) is 95.3 cm³/mol. The first kappa shape index (κ1) is 17.4. The molecule has 24 heavy (non-hydrogen) atoms. The van der Waals surface area contributed by atoms with E-state index in [4.69, 9.17) is 0 Å². The van der Waals surface area contributed by atoms with Crippen molar-refractivity contribution in [3.63, 3.8) is 0 Å². The van der Waals surface area contributed by atoms with Gasteiger partial charge in [0.15, 0.2) is 5.13 Å². The predicted octanol–water partition coefficient (Wildman–Crippen LogP) is 2.34. The number of amides is 2. The summed E-state index contributed by atoms with van der Waals surface area (Å²) in [5, 5.41) is 6.87. The van der Waals surface area contributed by atoms with Crippen molar-refractivity contribution in [2.75, 3.05) is 31.5 Å². The zero-order valence-electron chi connectivity index (χ0n) is 14.1. The maximum absolute atomic E-state index is 12.3. The molecule has 0 atom stereocenters. The Labute approximate surface area is 147 Å². The standard InChI is InChI=1S/C17H26N4O2S/c22-15(12-21-10-4-2-1-3-5-16(21)23)20-17-19-11-14(24-17)13-6-8-18-9-7-13/h11,13,18H,1-10,12H2,(H,19,20,22). The lowest BCUT2D eigenvalue weighted by atomic mass is 9.97. The van der Waals surface area contributed by atoms with Gasteiger partial charge in [-0.3, -0.25) is 9.59 Å². The van der Waals surface area contributed by atoms with Crippen LogP contribution in [0.5, 0.6) is 0 Å². The second-order valence-electron chi connectivity index (χ2n) is 6.62. The van der Waals surface area contributed by atoms with E-state index in [1.165, 1.54) is 4.88 Å². The van der Waals surface area contributed by atoms with Gasteiger partial charge >= 0.3 is 0 Å². The zero-order chi connectivity index (χ0) is 16.8. The molecule has 2 aliphatic heterocycles. The number of likely N-dealkylation sites (tertiary alicyclic amines) is 1. The Balaban J connectivity index is 1.52. The van der Waals surface area contributed by atoms with Crippen LogP contribution in [0.1, 0.15) is 55.7 Å². The molecule has 0 radical (unpaired) electrons. The molecule has 2 aliphatic rings. The molecule has 3 heterocycles. The number of rotatable bonds is 4. The smallest absolute Gasteiger partial charge is 0.245 e. The SMILES string of the molecule is O=C(CN1CCCCCCC1=O)Nc1ncc(C2CCNCC2)s1. The largest absolute Gasteiger partial charge is 0.333 e. The molecule has 0 bridgehead atoms. The highest BCUT2D eigenvalue weighted by molar-refractivity contribution is 7.15. The highest BCUT2D eigenvalue weighted by atomic mass is 32.1. The van der Waals surface area contributed by atoms with Gasteiger partial charge in [0.25, 0.3) is 0 Å². The second kappa shape index (κ2) is 8.58. The maximum Gasteiger partial charge on any atom is 0.245 e. The highest BCUT2D eigenvalue weighted by Crippen LogP contribution is 2.31. The third-order valence-electron chi connectivity index (χ3n) is 4.77. The fourth-order valence-electron chi connectivity index (χ4n) is 3.35. The van der Waals surface area contributed by atoms with E-state index in [-0.39, 0.29) is 18.4 Å². The van der Waals surface area contributed by atoms with Crippen molar-refractivity contribution in [3.8, 4) is 0 Å². The van der Waals surface area contributed by atoms with Crippen LogP contribution in [0.4, 0.5) is 5.13 Å². The summed E-state index contributed by atoms with van der Waals surface area (Å²) in [5.41, 5.74) is 0. The molecule has 2 N–H and O–H groups in total. The highest BCUT2D eigenvalue weighted by Gasteiger charge is 2.21. The average molecular weight is 350 g/mol. The number of piperidine rings is 1. The van der Waals surface area contributed by atoms with Gasteiger partial charge in [-0.1, -0.05) is 12.8 Å². The van der Waals surface area contributed by atoms with E-state index in [1.54, 1.807) is 16.2 Å². The summed E-state index contributed by atoms with van der Waals surface area (Å²) >= 11 is 1.56. The van der Waals surface area contributed by atoms with Gasteiger partial charge in [-0.2, -0.15) is 0 Å². The van der Waals surface area contributed by atoms with Crippen molar-refractivity contribution >= 4 is 28.3 Å². The molecule has 3 rings (SSSR count). The number of anilines is 1. The van der Waals surface area contributed by atoms with Gasteiger partial charge in [-0.15, -0.1) is 11.3 Å². The Hall–Kier alpha value is -1.47. The van der Waals surface area contributed by atoms with E-state index < -0.39 is 0 Å². The quantitative estimate of drug-likeness (QED) is 0.874. The molecule has 6 nitrogen and oxygen atoms in total. The van der Waals surface area contributed by atoms with Gasteiger partial charge in [0.1, 0.15) is 0 Å². The summed E-state index contributed by atoms with van der Waals surface area (Å²) in [5.74, 6) is 0.500. The second-order valence-corrected chi connectivity index (χ2v) is 7.68. The van der Waals surface area contributed by atoms with Gasteiger partial charge in [0, 0.05) is 24.0 Å². The molecule has 0 unspecified atom stereocenters. The minimum Gasteiger partial charge on any atom is -0.333 e. The van der Waals surface area contributed by atoms with Crippen LogP contribution in [0.2, 0.25) is 0 Å². The van der Waals surface area contributed by atoms with Crippen molar-refractivity contribution in [1.29, 1.82) is 0 Å². The lowest BCUT2D eigenvalue weighted by Crippen LogP contribution is -2.39. The number of hydrogen-bond donors (Lipinski definition) is 2. The minimum atomic E-state index is -0.143. The molecule has 0 saturated carbocycles. The van der Waals surface area contributed by atoms with Gasteiger partial charge in [0.05, 0.1) is 6.54 Å². The Morgan fingerprint density at radius 2 is 2.08 bits per heavy atom. The molecule has 7 heteroatoms. The summed E-state index contributed by atoms with van der Waals surface area (Å²) < 4.78 is 0. The number of carbonyl (C=O) groups is 2. The molecular formula is C17H26N4O2S. The van der Waals surface area contributed by atoms with Crippen molar-refractivity contribution in [2.45, 2.75) is 50.9 Å². The first-order valence-corrected chi connectivity index (χ1v) is 9.78. The number of nitrogens with one attached hydrogen (secondary N) is 2. The molecule has 0 aliphatic carbocycles. The Bertz CT molecular complexity index is 569. The lowest BCUT2D eigenvalue weighted by molar-refractivity contribution is -0.135. The van der Waals surface area contributed by atoms with Gasteiger partial charge in [0.2, 0.25) is 11.8 Å². The van der Waals surface area contributed by atoms with E-state index in [0.717, 1.165) is 51.6 Å². The summed E-state index contributed by atoms with van der Waals surface area (Å²) in [6, 6.07) is 0. The van der Waals surface area contributed by atoms with E-state index in [0.29, 0.717) is 24.0 Å². The Morgan fingerprint density at radius 1 is 1.29 bits per heavy atom. The molecule has 2 saturated heterocycles. The number of carbonyl (C=O) groups excluding carboxylic acids is 2. The number of thiazole rings is 1. The molecule has 0 spiro atoms. The molecule has 2 fully saturated rings. The molecule has 132 valence electrons. The van der Waals surface area contributed by atoms with Crippen LogP contribution in [-0.2, 0) is 9.59 Å². The van der Waals surface area contributed by atoms with Crippen LogP contribution < -0.4 is 10.6 Å². The fraction of sp³-hybridized carbons (Fsp3) is 0.706. The van der Waals surface area contributed by atoms with Gasteiger partial charge in [-0.25, -0.2) is 4.98 Å². The topological polar surface area (TPSA) is 74.3 Å². The maximum atomic E-state index is 12.3. The number of nitrogens with zero attached hydrogens (tertiary/aromatic N) is 2. The normalized spacial score (nSPS) is 20.5. The Morgan fingerprint density at radius 3 is 2.92 bits per heavy atom. The monoisotopic (exact) mass is 350 g/mol. The Kier molecular flexibility index (Phi) is 6.20. The first-order chi connectivity index (χ1) is 11.7. The van der Waals surface area contributed by atoms with Crippen molar-refractivity contribution < 1.29 is 9.59 Å².